The smallest absolute Gasteiger partial charge is 0.124 e. The standard InChI is InChI=1S/C16H21NO2S/c1-5-12-7-9-15(20-12)16(17-2)13-10-11(18-3)6-8-14(13)19-4/h6-10,16-17H,5H2,1-4H3. The van der Waals surface area contributed by atoms with Crippen LogP contribution in [0.1, 0.15) is 28.3 Å². The third-order valence-corrected chi connectivity index (χ3v) is 4.65. The normalized spacial score (nSPS) is 12.2. The van der Waals surface area contributed by atoms with Crippen LogP contribution in [0.25, 0.3) is 0 Å². The molecule has 0 aliphatic heterocycles. The maximum atomic E-state index is 5.49. The molecule has 0 radical (unpaired) electrons. The Labute approximate surface area is 124 Å². The second kappa shape index (κ2) is 6.77. The summed E-state index contributed by atoms with van der Waals surface area (Å²) >= 11 is 1.83. The molecular formula is C16H21NO2S. The minimum Gasteiger partial charge on any atom is -0.497 e. The second-order valence-corrected chi connectivity index (χ2v) is 5.69. The van der Waals surface area contributed by atoms with E-state index in [0.29, 0.717) is 0 Å². The molecule has 4 heteroatoms. The summed E-state index contributed by atoms with van der Waals surface area (Å²) in [7, 11) is 5.35. The lowest BCUT2D eigenvalue weighted by molar-refractivity contribution is 0.395. The summed E-state index contributed by atoms with van der Waals surface area (Å²) in [6, 6.07) is 10.4. The number of benzene rings is 1. The Morgan fingerprint density at radius 2 is 1.95 bits per heavy atom. The zero-order valence-corrected chi connectivity index (χ0v) is 13.2. The fraction of sp³-hybridized carbons (Fsp3) is 0.375. The molecule has 1 aromatic carbocycles. The summed E-state index contributed by atoms with van der Waals surface area (Å²) < 4.78 is 10.8. The van der Waals surface area contributed by atoms with Crippen LogP contribution in [0.2, 0.25) is 0 Å². The van der Waals surface area contributed by atoms with Gasteiger partial charge in [0.25, 0.3) is 0 Å². The van der Waals surface area contributed by atoms with Crippen molar-refractivity contribution < 1.29 is 9.47 Å². The molecule has 0 fully saturated rings. The number of ether oxygens (including phenoxy) is 2. The topological polar surface area (TPSA) is 30.5 Å². The van der Waals surface area contributed by atoms with Crippen LogP contribution in [0.5, 0.6) is 11.5 Å². The van der Waals surface area contributed by atoms with Crippen LogP contribution in [-0.4, -0.2) is 21.3 Å². The highest BCUT2D eigenvalue weighted by Gasteiger charge is 2.19. The molecular weight excluding hydrogens is 270 g/mol. The summed E-state index contributed by atoms with van der Waals surface area (Å²) in [4.78, 5) is 2.68. The summed E-state index contributed by atoms with van der Waals surface area (Å²) in [5.74, 6) is 1.71. The maximum Gasteiger partial charge on any atom is 0.124 e. The number of aryl methyl sites for hydroxylation is 1. The first-order chi connectivity index (χ1) is 9.73. The minimum absolute atomic E-state index is 0.116. The van der Waals surface area contributed by atoms with Crippen LogP contribution in [0.4, 0.5) is 0 Å². The zero-order chi connectivity index (χ0) is 14.5. The summed E-state index contributed by atoms with van der Waals surface area (Å²) in [6.07, 6.45) is 1.07. The molecule has 2 rings (SSSR count). The van der Waals surface area contributed by atoms with Gasteiger partial charge < -0.3 is 14.8 Å². The van der Waals surface area contributed by atoms with Crippen molar-refractivity contribution in [2.24, 2.45) is 0 Å². The Morgan fingerprint density at radius 3 is 2.50 bits per heavy atom. The third-order valence-electron chi connectivity index (χ3n) is 3.35. The molecule has 0 amide bonds. The van der Waals surface area contributed by atoms with E-state index in [1.807, 2.05) is 36.6 Å². The summed E-state index contributed by atoms with van der Waals surface area (Å²) in [5, 5.41) is 3.37. The predicted octanol–water partition coefficient (Wildman–Crippen LogP) is 3.64. The molecule has 0 spiro atoms. The van der Waals surface area contributed by atoms with E-state index >= 15 is 0 Å². The van der Waals surface area contributed by atoms with Gasteiger partial charge in [-0.1, -0.05) is 6.92 Å². The van der Waals surface area contributed by atoms with Crippen LogP contribution >= 0.6 is 11.3 Å². The second-order valence-electron chi connectivity index (χ2n) is 4.49. The van der Waals surface area contributed by atoms with Crippen molar-refractivity contribution in [3.05, 3.63) is 45.6 Å². The quantitative estimate of drug-likeness (QED) is 0.881. The van der Waals surface area contributed by atoms with Crippen molar-refractivity contribution in [2.45, 2.75) is 19.4 Å². The van der Waals surface area contributed by atoms with Gasteiger partial charge >= 0.3 is 0 Å². The lowest BCUT2D eigenvalue weighted by Crippen LogP contribution is -2.17. The molecule has 0 aliphatic rings. The number of nitrogens with one attached hydrogen (secondary N) is 1. The Morgan fingerprint density at radius 1 is 1.15 bits per heavy atom. The van der Waals surface area contributed by atoms with E-state index in [4.69, 9.17) is 9.47 Å². The minimum atomic E-state index is 0.116. The maximum absolute atomic E-state index is 5.49. The number of thiophene rings is 1. The molecule has 20 heavy (non-hydrogen) atoms. The van der Waals surface area contributed by atoms with Gasteiger partial charge in [0.1, 0.15) is 11.5 Å². The number of hydrogen-bond acceptors (Lipinski definition) is 4. The number of rotatable bonds is 6. The number of methoxy groups -OCH3 is 2. The monoisotopic (exact) mass is 291 g/mol. The van der Waals surface area contributed by atoms with Gasteiger partial charge in [-0.25, -0.2) is 0 Å². The van der Waals surface area contributed by atoms with Crippen molar-refractivity contribution >= 4 is 11.3 Å². The zero-order valence-electron chi connectivity index (χ0n) is 12.4. The molecule has 1 N–H and O–H groups in total. The Bertz CT molecular complexity index is 565. The Kier molecular flexibility index (Phi) is 5.04. The van der Waals surface area contributed by atoms with Crippen LogP contribution in [0, 0.1) is 0 Å². The molecule has 1 aromatic heterocycles. The molecule has 108 valence electrons. The molecule has 1 unspecified atom stereocenters. The summed E-state index contributed by atoms with van der Waals surface area (Å²) in [5.41, 5.74) is 1.10. The average Bonchev–Trinajstić information content (AvgIpc) is 2.96. The lowest BCUT2D eigenvalue weighted by Gasteiger charge is -2.19. The van der Waals surface area contributed by atoms with E-state index in [9.17, 15) is 0 Å². The van der Waals surface area contributed by atoms with Gasteiger partial charge in [-0.05, 0) is 43.8 Å². The van der Waals surface area contributed by atoms with Gasteiger partial charge in [0.2, 0.25) is 0 Å². The SMILES string of the molecule is CCc1ccc(C(NC)c2cc(OC)ccc2OC)s1. The first kappa shape index (κ1) is 14.9. The third kappa shape index (κ3) is 2.97. The molecule has 2 aromatic rings. The highest BCUT2D eigenvalue weighted by Crippen LogP contribution is 2.35. The van der Waals surface area contributed by atoms with E-state index in [1.165, 1.54) is 9.75 Å². The van der Waals surface area contributed by atoms with E-state index in [0.717, 1.165) is 23.5 Å². The number of hydrogen-bond donors (Lipinski definition) is 1. The van der Waals surface area contributed by atoms with Crippen molar-refractivity contribution in [2.75, 3.05) is 21.3 Å². The van der Waals surface area contributed by atoms with Gasteiger partial charge in [0.15, 0.2) is 0 Å². The van der Waals surface area contributed by atoms with E-state index in [1.54, 1.807) is 14.2 Å². The fourth-order valence-electron chi connectivity index (χ4n) is 2.26. The van der Waals surface area contributed by atoms with E-state index in [-0.39, 0.29) is 6.04 Å². The predicted molar refractivity (Wildman–Crippen MR) is 84.1 cm³/mol. The first-order valence-electron chi connectivity index (χ1n) is 6.71. The highest BCUT2D eigenvalue weighted by molar-refractivity contribution is 7.12. The van der Waals surface area contributed by atoms with Gasteiger partial charge in [-0.3, -0.25) is 0 Å². The van der Waals surface area contributed by atoms with Crippen molar-refractivity contribution in [1.29, 1.82) is 0 Å². The van der Waals surface area contributed by atoms with E-state index < -0.39 is 0 Å². The first-order valence-corrected chi connectivity index (χ1v) is 7.52. The van der Waals surface area contributed by atoms with Gasteiger partial charge in [-0.2, -0.15) is 0 Å². The van der Waals surface area contributed by atoms with Gasteiger partial charge in [0, 0.05) is 15.3 Å². The summed E-state index contributed by atoms with van der Waals surface area (Å²) in [6.45, 7) is 2.18. The van der Waals surface area contributed by atoms with Crippen molar-refractivity contribution in [1.82, 2.24) is 5.32 Å². The van der Waals surface area contributed by atoms with Crippen LogP contribution < -0.4 is 14.8 Å². The average molecular weight is 291 g/mol. The van der Waals surface area contributed by atoms with E-state index in [2.05, 4.69) is 24.4 Å². The van der Waals surface area contributed by atoms with Crippen molar-refractivity contribution in [3.63, 3.8) is 0 Å². The molecule has 3 nitrogen and oxygen atoms in total. The van der Waals surface area contributed by atoms with Crippen LogP contribution in [-0.2, 0) is 6.42 Å². The van der Waals surface area contributed by atoms with Crippen LogP contribution in [0.15, 0.2) is 30.3 Å². The molecule has 0 aliphatic carbocycles. The fourth-order valence-corrected chi connectivity index (χ4v) is 3.34. The lowest BCUT2D eigenvalue weighted by atomic mass is 10.0. The molecule has 0 saturated carbocycles. The Balaban J connectivity index is 2.44. The van der Waals surface area contributed by atoms with Crippen LogP contribution in [0.3, 0.4) is 0 Å². The molecule has 0 saturated heterocycles. The largest absolute Gasteiger partial charge is 0.497 e. The van der Waals surface area contributed by atoms with Gasteiger partial charge in [0.05, 0.1) is 20.3 Å². The molecule has 1 atom stereocenters. The van der Waals surface area contributed by atoms with Gasteiger partial charge in [-0.15, -0.1) is 11.3 Å². The van der Waals surface area contributed by atoms with Crippen molar-refractivity contribution in [3.8, 4) is 11.5 Å². The molecule has 0 bridgehead atoms. The highest BCUT2D eigenvalue weighted by atomic mass is 32.1. The Hall–Kier alpha value is -1.52. The molecule has 1 heterocycles.